The van der Waals surface area contributed by atoms with E-state index in [1.165, 1.54) is 0 Å². The van der Waals surface area contributed by atoms with Gasteiger partial charge >= 0.3 is 29.0 Å². The molecule has 2 aliphatic heterocycles. The van der Waals surface area contributed by atoms with Gasteiger partial charge in [-0.15, -0.1) is 22.1 Å². The number of rotatable bonds is 9. The molecule has 0 spiro atoms. The Labute approximate surface area is 266 Å². The Bertz CT molecular complexity index is 1970. The first-order valence-corrected chi connectivity index (χ1v) is 14.0. The van der Waals surface area contributed by atoms with Gasteiger partial charge in [0.15, 0.2) is 0 Å². The van der Waals surface area contributed by atoms with Crippen LogP contribution in [0.3, 0.4) is 0 Å². The van der Waals surface area contributed by atoms with Gasteiger partial charge in [-0.05, 0) is 61.5 Å². The third kappa shape index (κ3) is 5.89. The molecule has 2 aliphatic rings. The second-order valence-corrected chi connectivity index (χ2v) is 10.6. The monoisotopic (exact) mass is 628 g/mol. The van der Waals surface area contributed by atoms with Crippen molar-refractivity contribution in [2.45, 2.75) is 46.5 Å². The molecular formula is C35H32FeN4O4. The molecule has 0 aliphatic carbocycles. The first kappa shape index (κ1) is 32.2. The summed E-state index contributed by atoms with van der Waals surface area (Å²) in [6, 6.07) is 7.53. The van der Waals surface area contributed by atoms with E-state index in [4.69, 9.17) is 19.9 Å². The number of carbonyl (C=O) groups is 2. The van der Waals surface area contributed by atoms with Crippen molar-refractivity contribution in [3.63, 3.8) is 0 Å². The number of hydrogen-bond acceptors (Lipinski definition) is 4. The second kappa shape index (κ2) is 12.9. The summed E-state index contributed by atoms with van der Waals surface area (Å²) in [7, 11) is 0. The van der Waals surface area contributed by atoms with E-state index < -0.39 is 11.9 Å². The number of aliphatic carboxylic acids is 2. The molecule has 3 aromatic rings. The molecule has 8 nitrogen and oxygen atoms in total. The maximum Gasteiger partial charge on any atom is 2.00 e. The molecule has 0 saturated carbocycles. The topological polar surface area (TPSA) is 129 Å². The van der Waals surface area contributed by atoms with Crippen molar-refractivity contribution in [1.82, 2.24) is 19.9 Å². The van der Waals surface area contributed by atoms with Crippen LogP contribution < -0.4 is 9.97 Å². The molecule has 0 atom stereocenters. The molecule has 0 fully saturated rings. The Morgan fingerprint density at radius 3 is 1.77 bits per heavy atom. The Kier molecular flexibility index (Phi) is 9.42. The first-order valence-electron chi connectivity index (χ1n) is 14.0. The molecule has 5 heterocycles. The third-order valence-electron chi connectivity index (χ3n) is 8.05. The van der Waals surface area contributed by atoms with E-state index in [2.05, 4.69) is 19.7 Å². The van der Waals surface area contributed by atoms with Crippen LogP contribution in [0.2, 0.25) is 0 Å². The fraction of sp³-hybridized carbons (Fsp3) is 0.200. The van der Waals surface area contributed by atoms with Gasteiger partial charge in [0.1, 0.15) is 0 Å². The maximum absolute atomic E-state index is 11.5. The van der Waals surface area contributed by atoms with Crippen molar-refractivity contribution >= 4 is 68.4 Å². The minimum atomic E-state index is -0.908. The first-order chi connectivity index (χ1) is 20.6. The van der Waals surface area contributed by atoms with Crippen LogP contribution in [0, 0.1) is 6.92 Å². The average Bonchev–Trinajstić information content (AvgIpc) is 3.63. The van der Waals surface area contributed by atoms with E-state index in [0.717, 1.165) is 50.2 Å². The van der Waals surface area contributed by atoms with Crippen LogP contribution in [-0.2, 0) is 33.1 Å². The molecule has 3 aromatic heterocycles. The Morgan fingerprint density at radius 2 is 1.20 bits per heavy atom. The van der Waals surface area contributed by atoms with Crippen molar-refractivity contribution < 1.29 is 36.9 Å². The van der Waals surface area contributed by atoms with Gasteiger partial charge < -0.3 is 20.2 Å². The van der Waals surface area contributed by atoms with Gasteiger partial charge in [-0.3, -0.25) is 9.59 Å². The molecule has 0 saturated heterocycles. The molecule has 224 valence electrons. The maximum atomic E-state index is 11.5. The molecule has 0 radical (unpaired) electrons. The van der Waals surface area contributed by atoms with Crippen molar-refractivity contribution in [2.24, 2.45) is 0 Å². The third-order valence-corrected chi connectivity index (χ3v) is 8.05. The molecule has 0 amide bonds. The number of aromatic nitrogens is 4. The van der Waals surface area contributed by atoms with E-state index in [9.17, 15) is 19.8 Å². The summed E-state index contributed by atoms with van der Waals surface area (Å²) in [4.78, 5) is 42.8. The summed E-state index contributed by atoms with van der Waals surface area (Å²) in [5.74, 6) is -1.81. The van der Waals surface area contributed by atoms with E-state index in [0.29, 0.717) is 39.1 Å². The molecule has 5 rings (SSSR count). The van der Waals surface area contributed by atoms with Crippen molar-refractivity contribution in [3.05, 3.63) is 95.1 Å². The predicted molar refractivity (Wildman–Crippen MR) is 172 cm³/mol. The average molecular weight is 629 g/mol. The molecule has 0 aromatic carbocycles. The van der Waals surface area contributed by atoms with Crippen LogP contribution in [0.4, 0.5) is 0 Å². The molecule has 44 heavy (non-hydrogen) atoms. The van der Waals surface area contributed by atoms with Crippen LogP contribution in [0.1, 0.15) is 78.1 Å². The number of allylic oxidation sites excluding steroid dienone is 5. The van der Waals surface area contributed by atoms with Gasteiger partial charge in [-0.25, -0.2) is 9.97 Å². The van der Waals surface area contributed by atoms with Crippen LogP contribution in [0.5, 0.6) is 0 Å². The number of aryl methyl sites for hydroxylation is 2. The minimum Gasteiger partial charge on any atom is -0.657 e. The normalized spacial score (nSPS) is 12.6. The van der Waals surface area contributed by atoms with Gasteiger partial charge in [0.05, 0.1) is 22.8 Å². The Morgan fingerprint density at radius 1 is 0.705 bits per heavy atom. The number of fused-ring (bicyclic) bond motifs is 8. The van der Waals surface area contributed by atoms with Crippen molar-refractivity contribution in [2.75, 3.05) is 0 Å². The van der Waals surface area contributed by atoms with Crippen molar-refractivity contribution in [3.8, 4) is 0 Å². The number of carboxylic acid groups (broad SMARTS) is 2. The summed E-state index contributed by atoms with van der Waals surface area (Å²) < 4.78 is 0. The van der Waals surface area contributed by atoms with E-state index in [1.54, 1.807) is 18.2 Å². The largest absolute Gasteiger partial charge is 2.00 e. The standard InChI is InChI=1S/C35H34N4O4.Fe/c1-7-21-18(4)26-15-30-22(8-2)23(9-3)31(39-30)16-28-20(6)25(11-13-35(42)43)33(38-28)17-32-24(10-12-34(40)41)19(5)27(37-32)14-29(21)36-26;/h7-9,14-17H,1-3,10-13H2,4-6H3,(H4,36,37,38,39,40,41,42,43);/q;+2/p-2. The molecule has 8 bridgehead atoms. The minimum absolute atomic E-state index is 0. The number of nitrogens with zero attached hydrogens (tertiary/aromatic N) is 4. The smallest absolute Gasteiger partial charge is 0.657 e. The van der Waals surface area contributed by atoms with Gasteiger partial charge in [-0.2, -0.15) is 0 Å². The van der Waals surface area contributed by atoms with Crippen LogP contribution in [-0.4, -0.2) is 32.1 Å². The predicted octanol–water partition coefficient (Wildman–Crippen LogP) is 7.09. The summed E-state index contributed by atoms with van der Waals surface area (Å²) in [6.45, 7) is 17.9. The molecule has 2 N–H and O–H groups in total. The number of carboxylic acids is 2. The van der Waals surface area contributed by atoms with Crippen molar-refractivity contribution in [1.29, 1.82) is 0 Å². The van der Waals surface area contributed by atoms with Crippen LogP contribution in [0.15, 0.2) is 50.1 Å². The number of hydrogen-bond donors (Lipinski definition) is 2. The second-order valence-electron chi connectivity index (χ2n) is 10.6. The van der Waals surface area contributed by atoms with Gasteiger partial charge in [0.25, 0.3) is 0 Å². The summed E-state index contributed by atoms with van der Waals surface area (Å²) in [6.07, 6.45) is 5.70. The summed E-state index contributed by atoms with van der Waals surface area (Å²) >= 11 is 0. The summed E-state index contributed by atoms with van der Waals surface area (Å²) in [5, 5.41) is 18.9. The van der Waals surface area contributed by atoms with Crippen LogP contribution >= 0.6 is 0 Å². The van der Waals surface area contributed by atoms with Gasteiger partial charge in [0.2, 0.25) is 0 Å². The van der Waals surface area contributed by atoms with Crippen LogP contribution in [0.25, 0.3) is 56.5 Å². The molecular weight excluding hydrogens is 596 g/mol. The summed E-state index contributed by atoms with van der Waals surface area (Å²) in [5.41, 5.74) is 12.0. The quantitative estimate of drug-likeness (QED) is 0.240. The fourth-order valence-corrected chi connectivity index (χ4v) is 5.68. The van der Waals surface area contributed by atoms with Gasteiger partial charge in [-0.1, -0.05) is 73.4 Å². The fourth-order valence-electron chi connectivity index (χ4n) is 5.68. The molecule has 0 unspecified atom stereocenters. The zero-order valence-corrected chi connectivity index (χ0v) is 25.9. The Balaban J connectivity index is 0.00000442. The van der Waals surface area contributed by atoms with E-state index >= 15 is 0 Å². The molecule has 9 heteroatoms. The zero-order valence-electron chi connectivity index (χ0n) is 24.8. The van der Waals surface area contributed by atoms with Gasteiger partial charge in [0, 0.05) is 18.4 Å². The van der Waals surface area contributed by atoms with E-state index in [-0.39, 0.29) is 42.8 Å². The zero-order chi connectivity index (χ0) is 31.0. The van der Waals surface area contributed by atoms with E-state index in [1.807, 2.05) is 45.0 Å². The SMILES string of the molecule is C=CC1=C(C)c2cc3[n-]c(cc4nc(cc5[n-]c(cc1n2)c(C)c5CCC(=O)O)C(CCC(=O)O)=C4C)c(C=C)c3C=C.[Fe+2]. The Hall–Kier alpha value is -4.72.